The summed E-state index contributed by atoms with van der Waals surface area (Å²) in [6.07, 6.45) is 1.68. The molecular formula is C17H15ClN3OS+. The number of nitrogen functional groups attached to an aromatic ring is 1. The molecule has 2 aromatic heterocycles. The van der Waals surface area contributed by atoms with Crippen LogP contribution in [0.15, 0.2) is 47.3 Å². The lowest BCUT2D eigenvalue weighted by molar-refractivity contribution is -0.111. The largest absolute Gasteiger partial charge is 0.496 e. The van der Waals surface area contributed by atoms with Crippen LogP contribution < -0.4 is 15.9 Å². The molecule has 0 saturated heterocycles. The second-order valence-electron chi connectivity index (χ2n) is 4.89. The van der Waals surface area contributed by atoms with Crippen LogP contribution in [0, 0.1) is 0 Å². The van der Waals surface area contributed by atoms with Crippen molar-refractivity contribution in [2.75, 3.05) is 12.8 Å². The van der Waals surface area contributed by atoms with Gasteiger partial charge in [-0.1, -0.05) is 11.6 Å². The molecule has 0 aliphatic rings. The number of rotatable bonds is 4. The molecular weight excluding hydrogens is 330 g/mol. The summed E-state index contributed by atoms with van der Waals surface area (Å²) < 4.78 is 5.39. The maximum Gasteiger partial charge on any atom is 0.219 e. The van der Waals surface area contributed by atoms with Crippen molar-refractivity contribution >= 4 is 34.5 Å². The van der Waals surface area contributed by atoms with E-state index in [-0.39, 0.29) is 0 Å². The summed E-state index contributed by atoms with van der Waals surface area (Å²) in [5.41, 5.74) is 10.0. The van der Waals surface area contributed by atoms with Gasteiger partial charge in [0.2, 0.25) is 5.71 Å². The van der Waals surface area contributed by atoms with E-state index in [0.29, 0.717) is 27.9 Å². The number of benzene rings is 1. The third-order valence-corrected chi connectivity index (χ3v) is 4.45. The summed E-state index contributed by atoms with van der Waals surface area (Å²) >= 11 is 7.64. The van der Waals surface area contributed by atoms with Crippen LogP contribution in [0.3, 0.4) is 0 Å². The zero-order valence-corrected chi connectivity index (χ0v) is 14.0. The molecule has 4 nitrogen and oxygen atoms in total. The fourth-order valence-electron chi connectivity index (χ4n) is 2.44. The lowest BCUT2D eigenvalue weighted by Crippen LogP contribution is -2.42. The quantitative estimate of drug-likeness (QED) is 0.714. The Hall–Kier alpha value is -2.37. The molecule has 0 unspecified atom stereocenters. The normalized spacial score (nSPS) is 10.5. The first-order valence-electron chi connectivity index (χ1n) is 6.85. The molecule has 2 heterocycles. The highest BCUT2D eigenvalue weighted by molar-refractivity contribution is 7.08. The Balaban J connectivity index is 2.18. The second-order valence-corrected chi connectivity index (χ2v) is 6.11. The number of aromatic nitrogens is 1. The molecule has 0 fully saturated rings. The number of hydrogen-bond acceptors (Lipinski definition) is 4. The molecule has 116 valence electrons. The Morgan fingerprint density at radius 3 is 2.83 bits per heavy atom. The molecule has 1 aromatic carbocycles. The maximum absolute atomic E-state index is 6.43. The van der Waals surface area contributed by atoms with Crippen LogP contribution in [0.5, 0.6) is 5.75 Å². The zero-order valence-electron chi connectivity index (χ0n) is 12.4. The van der Waals surface area contributed by atoms with Gasteiger partial charge in [0, 0.05) is 16.8 Å². The van der Waals surface area contributed by atoms with Gasteiger partial charge >= 0.3 is 0 Å². The van der Waals surface area contributed by atoms with Gasteiger partial charge < -0.3 is 10.5 Å². The van der Waals surface area contributed by atoms with E-state index in [9.17, 15) is 0 Å². The van der Waals surface area contributed by atoms with Gasteiger partial charge in [-0.15, -0.1) is 0 Å². The molecule has 0 bridgehead atoms. The smallest absolute Gasteiger partial charge is 0.219 e. The Morgan fingerprint density at radius 1 is 1.30 bits per heavy atom. The Kier molecular flexibility index (Phi) is 4.32. The first-order chi connectivity index (χ1) is 11.1. The summed E-state index contributed by atoms with van der Waals surface area (Å²) in [5.74, 6) is 0.970. The molecule has 0 saturated carbocycles. The Bertz CT molecular complexity index is 862. The summed E-state index contributed by atoms with van der Waals surface area (Å²) in [7, 11) is 1.58. The lowest BCUT2D eigenvalue weighted by atomic mass is 9.95. The average molecular weight is 345 g/mol. The highest BCUT2D eigenvalue weighted by atomic mass is 35.5. The number of nitrogens with two attached hydrogens (primary N) is 2. The molecule has 0 spiro atoms. The van der Waals surface area contributed by atoms with Crippen LogP contribution in [0.4, 0.5) is 5.82 Å². The molecule has 0 aliphatic carbocycles. The SMILES string of the molecule is COc1cc(Cl)ccc1C(=[NH2+])c1c(-c2ccsc2)ccnc1N. The number of halogens is 1. The van der Waals surface area contributed by atoms with Crippen LogP contribution >= 0.6 is 22.9 Å². The summed E-state index contributed by atoms with van der Waals surface area (Å²) in [5, 5.41) is 11.1. The Morgan fingerprint density at radius 2 is 2.13 bits per heavy atom. The van der Waals surface area contributed by atoms with Gasteiger partial charge in [-0.25, -0.2) is 4.98 Å². The Labute approximate surface area is 143 Å². The van der Waals surface area contributed by atoms with Crippen molar-refractivity contribution in [3.8, 4) is 16.9 Å². The van der Waals surface area contributed by atoms with Gasteiger partial charge in [-0.3, -0.25) is 5.41 Å². The topological polar surface area (TPSA) is 73.7 Å². The minimum atomic E-state index is 0.378. The molecule has 23 heavy (non-hydrogen) atoms. The van der Waals surface area contributed by atoms with E-state index in [1.807, 2.05) is 29.0 Å². The summed E-state index contributed by atoms with van der Waals surface area (Å²) in [6, 6.07) is 9.24. The van der Waals surface area contributed by atoms with E-state index < -0.39 is 0 Å². The molecule has 4 N–H and O–H groups in total. The second kappa shape index (κ2) is 6.40. The molecule has 3 rings (SSSR count). The van der Waals surface area contributed by atoms with E-state index in [4.69, 9.17) is 27.5 Å². The third kappa shape index (κ3) is 2.93. The van der Waals surface area contributed by atoms with Crippen LogP contribution in [-0.4, -0.2) is 17.8 Å². The van der Waals surface area contributed by atoms with Crippen LogP contribution in [0.1, 0.15) is 11.1 Å². The molecule has 0 amide bonds. The van der Waals surface area contributed by atoms with Gasteiger partial charge in [-0.2, -0.15) is 11.3 Å². The van der Waals surface area contributed by atoms with Crippen LogP contribution in [0.2, 0.25) is 5.02 Å². The van der Waals surface area contributed by atoms with Crippen LogP contribution in [-0.2, 0) is 0 Å². The van der Waals surface area contributed by atoms with Crippen LogP contribution in [0.25, 0.3) is 11.1 Å². The van der Waals surface area contributed by atoms with E-state index in [1.165, 1.54) is 0 Å². The first kappa shape index (κ1) is 15.5. The molecule has 3 aromatic rings. The monoisotopic (exact) mass is 344 g/mol. The lowest BCUT2D eigenvalue weighted by Gasteiger charge is -2.11. The van der Waals surface area contributed by atoms with Crippen molar-refractivity contribution in [1.29, 1.82) is 0 Å². The van der Waals surface area contributed by atoms with Gasteiger partial charge in [0.25, 0.3) is 0 Å². The van der Waals surface area contributed by atoms with Crippen molar-refractivity contribution in [2.24, 2.45) is 0 Å². The highest BCUT2D eigenvalue weighted by Gasteiger charge is 2.23. The molecule has 0 atom stereocenters. The van der Waals surface area contributed by atoms with Gasteiger partial charge in [0.1, 0.15) is 11.6 Å². The fourth-order valence-corrected chi connectivity index (χ4v) is 3.26. The number of nitrogens with zero attached hydrogens (tertiary/aromatic N) is 1. The minimum Gasteiger partial charge on any atom is -0.496 e. The van der Waals surface area contributed by atoms with Crippen molar-refractivity contribution in [3.63, 3.8) is 0 Å². The number of pyridine rings is 1. The number of methoxy groups -OCH3 is 1. The van der Waals surface area contributed by atoms with E-state index in [0.717, 1.165) is 16.7 Å². The average Bonchev–Trinajstić information content (AvgIpc) is 3.08. The maximum atomic E-state index is 6.43. The van der Waals surface area contributed by atoms with Crippen molar-refractivity contribution < 1.29 is 10.1 Å². The molecule has 6 heteroatoms. The predicted molar refractivity (Wildman–Crippen MR) is 95.1 cm³/mol. The fraction of sp³-hybridized carbons (Fsp3) is 0.0588. The number of thiophene rings is 1. The molecule has 0 radical (unpaired) electrons. The van der Waals surface area contributed by atoms with Crippen molar-refractivity contribution in [3.05, 3.63) is 63.4 Å². The highest BCUT2D eigenvalue weighted by Crippen LogP contribution is 2.32. The predicted octanol–water partition coefficient (Wildman–Crippen LogP) is 2.65. The number of ether oxygens (including phenoxy) is 1. The summed E-state index contributed by atoms with van der Waals surface area (Å²) in [4.78, 5) is 4.18. The molecule has 0 aliphatic heterocycles. The summed E-state index contributed by atoms with van der Waals surface area (Å²) in [6.45, 7) is 0. The van der Waals surface area contributed by atoms with Crippen molar-refractivity contribution in [2.45, 2.75) is 0 Å². The van der Waals surface area contributed by atoms with Gasteiger partial charge in [0.15, 0.2) is 0 Å². The standard InChI is InChI=1S/C17H14ClN3OS/c1-22-14-8-11(18)2-3-13(14)16(19)15-12(4-6-21-17(15)20)10-5-7-23-9-10/h2-9,19H,1H3,(H2,20,21)/p+1. The van der Waals surface area contributed by atoms with E-state index in [1.54, 1.807) is 36.8 Å². The van der Waals surface area contributed by atoms with E-state index >= 15 is 0 Å². The third-order valence-electron chi connectivity index (χ3n) is 3.54. The van der Waals surface area contributed by atoms with Gasteiger partial charge in [-0.05, 0) is 46.7 Å². The van der Waals surface area contributed by atoms with E-state index in [2.05, 4.69) is 4.98 Å². The van der Waals surface area contributed by atoms with Gasteiger partial charge in [0.05, 0.1) is 18.2 Å². The first-order valence-corrected chi connectivity index (χ1v) is 8.17. The minimum absolute atomic E-state index is 0.378. The zero-order chi connectivity index (χ0) is 16.4. The number of anilines is 1. The van der Waals surface area contributed by atoms with Crippen molar-refractivity contribution in [1.82, 2.24) is 4.98 Å². The number of hydrogen-bond donors (Lipinski definition) is 2.